The highest BCUT2D eigenvalue weighted by Crippen LogP contribution is 2.39. The number of hydrogen-bond donors (Lipinski definition) is 1. The van der Waals surface area contributed by atoms with Crippen molar-refractivity contribution in [2.24, 2.45) is 0 Å². The zero-order chi connectivity index (χ0) is 12.7. The zero-order valence-electron chi connectivity index (χ0n) is 10.4. The fraction of sp³-hybridized carbons (Fsp3) is 0.600. The maximum atomic E-state index is 6.06. The third-order valence-electron chi connectivity index (χ3n) is 2.97. The lowest BCUT2D eigenvalue weighted by atomic mass is 10.4. The van der Waals surface area contributed by atoms with Crippen molar-refractivity contribution in [3.05, 3.63) is 5.69 Å². The van der Waals surface area contributed by atoms with E-state index >= 15 is 0 Å². The molecule has 1 aliphatic rings. The van der Waals surface area contributed by atoms with Crippen molar-refractivity contribution >= 4 is 17.4 Å². The minimum atomic E-state index is 0.461. The van der Waals surface area contributed by atoms with Gasteiger partial charge in [-0.1, -0.05) is 0 Å². The summed E-state index contributed by atoms with van der Waals surface area (Å²) in [5.74, 6) is 0. The molecule has 0 radical (unpaired) electrons. The summed E-state index contributed by atoms with van der Waals surface area (Å²) in [6.07, 6.45) is 2.31. The molecule has 0 bridgehead atoms. The summed E-state index contributed by atoms with van der Waals surface area (Å²) in [7, 11) is 0. The molecule has 2 aromatic heterocycles. The monoisotopic (exact) mass is 265 g/mol. The smallest absolute Gasteiger partial charge is 0.215 e. The molecule has 1 aliphatic carbocycles. The molecule has 0 aliphatic heterocycles. The van der Waals surface area contributed by atoms with E-state index in [9.17, 15) is 0 Å². The highest BCUT2D eigenvalue weighted by atomic mass is 32.2. The number of tetrazole rings is 1. The molecular formula is C10H15N7S. The van der Waals surface area contributed by atoms with Crippen molar-refractivity contribution < 1.29 is 0 Å². The van der Waals surface area contributed by atoms with Crippen molar-refractivity contribution in [3.8, 4) is 0 Å². The minimum Gasteiger partial charge on any atom is -0.395 e. The SMILES string of the molecule is CCn1nc(C)c(N)c1Sc1nnnn1C1CC1. The lowest BCUT2D eigenvalue weighted by Gasteiger charge is -2.05. The first-order valence-corrected chi connectivity index (χ1v) is 6.81. The van der Waals surface area contributed by atoms with Crippen molar-refractivity contribution in [1.82, 2.24) is 30.0 Å². The largest absolute Gasteiger partial charge is 0.395 e. The van der Waals surface area contributed by atoms with Crippen molar-refractivity contribution in [3.63, 3.8) is 0 Å². The Bertz CT molecular complexity index is 569. The Hall–Kier alpha value is -1.57. The number of aromatic nitrogens is 6. The van der Waals surface area contributed by atoms with Gasteiger partial charge in [-0.25, -0.2) is 4.68 Å². The second kappa shape index (κ2) is 4.27. The summed E-state index contributed by atoms with van der Waals surface area (Å²) >= 11 is 1.49. The number of nitrogens with zero attached hydrogens (tertiary/aromatic N) is 6. The van der Waals surface area contributed by atoms with Gasteiger partial charge in [-0.05, 0) is 48.9 Å². The normalized spacial score (nSPS) is 15.2. The van der Waals surface area contributed by atoms with Crippen LogP contribution in [0.25, 0.3) is 0 Å². The number of nitrogens with two attached hydrogens (primary N) is 1. The van der Waals surface area contributed by atoms with Crippen molar-refractivity contribution in [2.45, 2.75) is 49.5 Å². The Morgan fingerprint density at radius 2 is 2.22 bits per heavy atom. The lowest BCUT2D eigenvalue weighted by Crippen LogP contribution is -2.02. The molecule has 2 heterocycles. The van der Waals surface area contributed by atoms with Gasteiger partial charge in [-0.15, -0.1) is 5.10 Å². The van der Waals surface area contributed by atoms with E-state index in [1.54, 1.807) is 0 Å². The predicted octanol–water partition coefficient (Wildman–Crippen LogP) is 1.27. The van der Waals surface area contributed by atoms with E-state index in [0.29, 0.717) is 11.7 Å². The van der Waals surface area contributed by atoms with Gasteiger partial charge >= 0.3 is 0 Å². The van der Waals surface area contributed by atoms with Crippen molar-refractivity contribution in [1.29, 1.82) is 0 Å². The van der Waals surface area contributed by atoms with Gasteiger partial charge in [0.2, 0.25) is 5.16 Å². The maximum Gasteiger partial charge on any atom is 0.215 e. The third kappa shape index (κ3) is 1.86. The van der Waals surface area contributed by atoms with Gasteiger partial charge in [0.1, 0.15) is 5.03 Å². The van der Waals surface area contributed by atoms with Crippen LogP contribution in [0.15, 0.2) is 10.2 Å². The van der Waals surface area contributed by atoms with Gasteiger partial charge in [-0.3, -0.25) is 4.68 Å². The van der Waals surface area contributed by atoms with Crippen LogP contribution in [-0.4, -0.2) is 30.0 Å². The number of hydrogen-bond acceptors (Lipinski definition) is 6. The van der Waals surface area contributed by atoms with Crippen LogP contribution in [0.5, 0.6) is 0 Å². The van der Waals surface area contributed by atoms with E-state index in [0.717, 1.165) is 35.3 Å². The molecule has 2 N–H and O–H groups in total. The minimum absolute atomic E-state index is 0.461. The molecule has 2 aromatic rings. The van der Waals surface area contributed by atoms with E-state index < -0.39 is 0 Å². The van der Waals surface area contributed by atoms with Gasteiger partial charge < -0.3 is 5.73 Å². The first-order chi connectivity index (χ1) is 8.70. The van der Waals surface area contributed by atoms with Gasteiger partial charge in [-0.2, -0.15) is 5.10 Å². The Kier molecular flexibility index (Phi) is 2.73. The van der Waals surface area contributed by atoms with Gasteiger partial charge in [0.15, 0.2) is 0 Å². The summed E-state index contributed by atoms with van der Waals surface area (Å²) in [6.45, 7) is 4.74. The molecule has 96 valence electrons. The van der Waals surface area contributed by atoms with E-state index in [2.05, 4.69) is 20.6 Å². The molecule has 0 unspecified atom stereocenters. The average Bonchev–Trinajstić information content (AvgIpc) is 3.05. The molecule has 0 atom stereocenters. The van der Waals surface area contributed by atoms with Crippen LogP contribution in [-0.2, 0) is 6.54 Å². The highest BCUT2D eigenvalue weighted by molar-refractivity contribution is 7.99. The Balaban J connectivity index is 1.94. The number of nitrogen functional groups attached to an aromatic ring is 1. The zero-order valence-corrected chi connectivity index (χ0v) is 11.2. The third-order valence-corrected chi connectivity index (χ3v) is 4.04. The Morgan fingerprint density at radius 3 is 2.89 bits per heavy atom. The fourth-order valence-electron chi connectivity index (χ4n) is 1.78. The second-order valence-corrected chi connectivity index (χ2v) is 5.32. The van der Waals surface area contributed by atoms with E-state index in [1.165, 1.54) is 11.8 Å². The number of anilines is 1. The summed E-state index contributed by atoms with van der Waals surface area (Å²) in [5.41, 5.74) is 7.62. The topological polar surface area (TPSA) is 87.4 Å². The fourth-order valence-corrected chi connectivity index (χ4v) is 2.85. The molecule has 0 spiro atoms. The maximum absolute atomic E-state index is 6.06. The molecule has 1 fully saturated rings. The molecule has 0 aromatic carbocycles. The molecule has 8 heteroatoms. The van der Waals surface area contributed by atoms with Crippen LogP contribution in [0.1, 0.15) is 31.5 Å². The summed E-state index contributed by atoms with van der Waals surface area (Å²) in [4.78, 5) is 0. The van der Waals surface area contributed by atoms with Gasteiger partial charge in [0.05, 0.1) is 17.4 Å². The van der Waals surface area contributed by atoms with Crippen LogP contribution in [0, 0.1) is 6.92 Å². The Morgan fingerprint density at radius 1 is 1.44 bits per heavy atom. The highest BCUT2D eigenvalue weighted by Gasteiger charge is 2.29. The summed E-state index contributed by atoms with van der Waals surface area (Å²) < 4.78 is 3.77. The van der Waals surface area contributed by atoms with E-state index in [-0.39, 0.29) is 0 Å². The molecule has 1 saturated carbocycles. The molecule has 3 rings (SSSR count). The molecule has 7 nitrogen and oxygen atoms in total. The van der Waals surface area contributed by atoms with Gasteiger partial charge in [0, 0.05) is 6.54 Å². The van der Waals surface area contributed by atoms with Crippen LogP contribution in [0.3, 0.4) is 0 Å². The van der Waals surface area contributed by atoms with E-state index in [1.807, 2.05) is 23.2 Å². The van der Waals surface area contributed by atoms with Crippen LogP contribution in [0.2, 0.25) is 0 Å². The summed E-state index contributed by atoms with van der Waals surface area (Å²) in [6, 6.07) is 0.461. The molecular weight excluding hydrogens is 250 g/mol. The quantitative estimate of drug-likeness (QED) is 0.895. The average molecular weight is 265 g/mol. The standard InChI is InChI=1S/C10H15N7S/c1-3-16-9(8(11)6(2)13-16)18-10-12-14-15-17(10)7-4-5-7/h7H,3-5,11H2,1-2H3. The first-order valence-electron chi connectivity index (χ1n) is 5.99. The molecule has 0 saturated heterocycles. The first kappa shape index (κ1) is 11.5. The van der Waals surface area contributed by atoms with Crippen LogP contribution in [0.4, 0.5) is 5.69 Å². The molecule has 18 heavy (non-hydrogen) atoms. The van der Waals surface area contributed by atoms with Crippen LogP contribution >= 0.6 is 11.8 Å². The number of rotatable bonds is 4. The second-order valence-electron chi connectivity index (χ2n) is 4.36. The van der Waals surface area contributed by atoms with Crippen molar-refractivity contribution in [2.75, 3.05) is 5.73 Å². The van der Waals surface area contributed by atoms with Crippen LogP contribution < -0.4 is 5.73 Å². The molecule has 0 amide bonds. The predicted molar refractivity (Wildman–Crippen MR) is 67.3 cm³/mol. The van der Waals surface area contributed by atoms with Gasteiger partial charge in [0.25, 0.3) is 0 Å². The Labute approximate surface area is 109 Å². The lowest BCUT2D eigenvalue weighted by molar-refractivity contribution is 0.562. The summed E-state index contributed by atoms with van der Waals surface area (Å²) in [5, 5.41) is 17.9. The van der Waals surface area contributed by atoms with E-state index in [4.69, 9.17) is 5.73 Å². The number of aryl methyl sites for hydroxylation is 2.